The number of carbonyl (C=O) groups excluding carboxylic acids is 1. The van der Waals surface area contributed by atoms with Crippen molar-refractivity contribution < 1.29 is 18.3 Å². The van der Waals surface area contributed by atoms with Crippen molar-refractivity contribution in [2.75, 3.05) is 0 Å². The minimum absolute atomic E-state index is 0.0942. The minimum Gasteiger partial charge on any atom is -0.434 e. The smallest absolute Gasteiger partial charge is 0.387 e. The molecule has 0 bridgehead atoms. The average Bonchev–Trinajstić information content (AvgIpc) is 2.90. The largest absolute Gasteiger partial charge is 0.434 e. The first kappa shape index (κ1) is 14.5. The molecule has 22 heavy (non-hydrogen) atoms. The summed E-state index contributed by atoms with van der Waals surface area (Å²) in [5.41, 5.74) is 2.42. The van der Waals surface area contributed by atoms with E-state index in [0.717, 1.165) is 18.4 Å². The maximum absolute atomic E-state index is 12.4. The second-order valence-electron chi connectivity index (χ2n) is 5.14. The van der Waals surface area contributed by atoms with Crippen molar-refractivity contribution in [3.05, 3.63) is 65.2 Å². The predicted molar refractivity (Wildman–Crippen MR) is 78.0 cm³/mol. The van der Waals surface area contributed by atoms with Gasteiger partial charge in [0.15, 0.2) is 0 Å². The SMILES string of the molecule is O=C(NC1CCc2ccccc21)c1ccccc1OC(F)F. The number of halogens is 2. The van der Waals surface area contributed by atoms with Crippen LogP contribution < -0.4 is 10.1 Å². The van der Waals surface area contributed by atoms with Crippen LogP contribution in [-0.2, 0) is 6.42 Å². The maximum Gasteiger partial charge on any atom is 0.387 e. The Bertz CT molecular complexity index is 688. The number of hydrogen-bond acceptors (Lipinski definition) is 2. The molecule has 0 saturated carbocycles. The summed E-state index contributed by atoms with van der Waals surface area (Å²) in [6.07, 6.45) is 1.71. The van der Waals surface area contributed by atoms with E-state index in [1.807, 2.05) is 24.3 Å². The highest BCUT2D eigenvalue weighted by Crippen LogP contribution is 2.31. The molecule has 1 N–H and O–H groups in total. The fourth-order valence-electron chi connectivity index (χ4n) is 2.80. The fourth-order valence-corrected chi connectivity index (χ4v) is 2.80. The van der Waals surface area contributed by atoms with Crippen LogP contribution in [0.5, 0.6) is 5.75 Å². The Balaban J connectivity index is 1.79. The van der Waals surface area contributed by atoms with Crippen molar-refractivity contribution in [1.29, 1.82) is 0 Å². The third-order valence-electron chi connectivity index (χ3n) is 3.79. The van der Waals surface area contributed by atoms with Gasteiger partial charge in [0.2, 0.25) is 0 Å². The lowest BCUT2D eigenvalue weighted by Crippen LogP contribution is -2.27. The molecule has 0 aliphatic heterocycles. The van der Waals surface area contributed by atoms with Gasteiger partial charge < -0.3 is 10.1 Å². The standard InChI is InChI=1S/C17H15F2NO2/c18-17(19)22-15-8-4-3-7-13(15)16(21)20-14-10-9-11-5-1-2-6-12(11)14/h1-8,14,17H,9-10H2,(H,20,21). The second-order valence-corrected chi connectivity index (χ2v) is 5.14. The summed E-state index contributed by atoms with van der Waals surface area (Å²) in [4.78, 5) is 12.4. The van der Waals surface area contributed by atoms with Gasteiger partial charge in [-0.15, -0.1) is 0 Å². The molecule has 1 amide bonds. The van der Waals surface area contributed by atoms with Crippen LogP contribution in [0.15, 0.2) is 48.5 Å². The van der Waals surface area contributed by atoms with Crippen LogP contribution in [0.25, 0.3) is 0 Å². The molecule has 3 rings (SSSR count). The summed E-state index contributed by atoms with van der Waals surface area (Å²) in [5, 5.41) is 2.90. The van der Waals surface area contributed by atoms with Crippen molar-refractivity contribution in [2.24, 2.45) is 0 Å². The van der Waals surface area contributed by atoms with E-state index in [4.69, 9.17) is 0 Å². The summed E-state index contributed by atoms with van der Waals surface area (Å²) in [7, 11) is 0. The molecule has 5 heteroatoms. The molecule has 2 aromatic rings. The first-order valence-corrected chi connectivity index (χ1v) is 7.07. The third-order valence-corrected chi connectivity index (χ3v) is 3.79. The van der Waals surface area contributed by atoms with Gasteiger partial charge in [-0.25, -0.2) is 0 Å². The molecular formula is C17H15F2NO2. The van der Waals surface area contributed by atoms with E-state index in [2.05, 4.69) is 10.1 Å². The van der Waals surface area contributed by atoms with E-state index >= 15 is 0 Å². The molecule has 0 spiro atoms. The van der Waals surface area contributed by atoms with Gasteiger partial charge in [0, 0.05) is 0 Å². The van der Waals surface area contributed by atoms with Crippen LogP contribution in [0.1, 0.15) is 33.9 Å². The van der Waals surface area contributed by atoms with Crippen molar-refractivity contribution >= 4 is 5.91 Å². The number of carbonyl (C=O) groups is 1. The zero-order chi connectivity index (χ0) is 15.5. The number of ether oxygens (including phenoxy) is 1. The predicted octanol–water partition coefficient (Wildman–Crippen LogP) is 3.71. The highest BCUT2D eigenvalue weighted by atomic mass is 19.3. The van der Waals surface area contributed by atoms with Gasteiger partial charge >= 0.3 is 6.61 Å². The molecule has 0 fully saturated rings. The highest BCUT2D eigenvalue weighted by Gasteiger charge is 2.25. The lowest BCUT2D eigenvalue weighted by atomic mass is 10.1. The van der Waals surface area contributed by atoms with Crippen LogP contribution in [0.3, 0.4) is 0 Å². The van der Waals surface area contributed by atoms with Crippen molar-refractivity contribution in [3.63, 3.8) is 0 Å². The van der Waals surface area contributed by atoms with E-state index in [9.17, 15) is 13.6 Å². The maximum atomic E-state index is 12.4. The van der Waals surface area contributed by atoms with Gasteiger partial charge in [0.1, 0.15) is 5.75 Å². The summed E-state index contributed by atoms with van der Waals surface area (Å²) in [6.45, 7) is -2.96. The quantitative estimate of drug-likeness (QED) is 0.935. The molecule has 0 saturated heterocycles. The van der Waals surface area contributed by atoms with E-state index in [-0.39, 0.29) is 17.4 Å². The van der Waals surface area contributed by atoms with Crippen LogP contribution >= 0.6 is 0 Å². The van der Waals surface area contributed by atoms with Crippen LogP contribution in [0, 0.1) is 0 Å². The number of amides is 1. The van der Waals surface area contributed by atoms with Gasteiger partial charge in [-0.2, -0.15) is 8.78 Å². The lowest BCUT2D eigenvalue weighted by Gasteiger charge is -2.16. The number of benzene rings is 2. The Morgan fingerprint density at radius 3 is 2.68 bits per heavy atom. The van der Waals surface area contributed by atoms with Gasteiger partial charge in [-0.05, 0) is 36.1 Å². The molecule has 2 aromatic carbocycles. The topological polar surface area (TPSA) is 38.3 Å². The number of alkyl halides is 2. The molecule has 0 radical (unpaired) electrons. The number of aryl methyl sites for hydroxylation is 1. The van der Waals surface area contributed by atoms with Crippen molar-refractivity contribution in [3.8, 4) is 5.75 Å². The Kier molecular flexibility index (Phi) is 4.04. The number of fused-ring (bicyclic) bond motifs is 1. The molecule has 1 aliphatic carbocycles. The zero-order valence-corrected chi connectivity index (χ0v) is 11.8. The van der Waals surface area contributed by atoms with Gasteiger partial charge in [0.05, 0.1) is 11.6 Å². The minimum atomic E-state index is -2.96. The Hall–Kier alpha value is -2.43. The zero-order valence-electron chi connectivity index (χ0n) is 11.8. The second kappa shape index (κ2) is 6.13. The summed E-state index contributed by atoms with van der Waals surface area (Å²) in [6, 6.07) is 13.8. The Morgan fingerprint density at radius 2 is 1.86 bits per heavy atom. The van der Waals surface area contributed by atoms with E-state index < -0.39 is 12.5 Å². The van der Waals surface area contributed by atoms with Crippen LogP contribution in [0.2, 0.25) is 0 Å². The summed E-state index contributed by atoms with van der Waals surface area (Å²) >= 11 is 0. The average molecular weight is 303 g/mol. The first-order chi connectivity index (χ1) is 10.6. The van der Waals surface area contributed by atoms with Gasteiger partial charge in [-0.3, -0.25) is 4.79 Å². The Labute approximate surface area is 126 Å². The number of nitrogens with one attached hydrogen (secondary N) is 1. The van der Waals surface area contributed by atoms with E-state index in [1.165, 1.54) is 17.7 Å². The molecule has 0 aromatic heterocycles. The summed E-state index contributed by atoms with van der Waals surface area (Å²) < 4.78 is 29.2. The third kappa shape index (κ3) is 2.93. The van der Waals surface area contributed by atoms with Crippen molar-refractivity contribution in [2.45, 2.75) is 25.5 Å². The van der Waals surface area contributed by atoms with Crippen LogP contribution in [-0.4, -0.2) is 12.5 Å². The fraction of sp³-hybridized carbons (Fsp3) is 0.235. The molecule has 3 nitrogen and oxygen atoms in total. The van der Waals surface area contributed by atoms with Crippen LogP contribution in [0.4, 0.5) is 8.78 Å². The lowest BCUT2D eigenvalue weighted by molar-refractivity contribution is -0.0501. The molecule has 1 aliphatic rings. The molecule has 0 heterocycles. The Morgan fingerprint density at radius 1 is 1.14 bits per heavy atom. The summed E-state index contributed by atoms with van der Waals surface area (Å²) in [5.74, 6) is -0.515. The van der Waals surface area contributed by atoms with Crippen molar-refractivity contribution in [1.82, 2.24) is 5.32 Å². The van der Waals surface area contributed by atoms with E-state index in [1.54, 1.807) is 12.1 Å². The van der Waals surface area contributed by atoms with Gasteiger partial charge in [0.25, 0.3) is 5.91 Å². The monoisotopic (exact) mass is 303 g/mol. The normalized spacial score (nSPS) is 16.4. The molecule has 1 unspecified atom stereocenters. The van der Waals surface area contributed by atoms with Gasteiger partial charge in [-0.1, -0.05) is 36.4 Å². The number of para-hydroxylation sites is 1. The highest BCUT2D eigenvalue weighted by molar-refractivity contribution is 5.97. The van der Waals surface area contributed by atoms with E-state index in [0.29, 0.717) is 0 Å². The molecular weight excluding hydrogens is 288 g/mol. The number of hydrogen-bond donors (Lipinski definition) is 1. The molecule has 114 valence electrons. The first-order valence-electron chi connectivity index (χ1n) is 7.07. The number of rotatable bonds is 4. The molecule has 1 atom stereocenters.